The average Bonchev–Trinajstić information content (AvgIpc) is 2.20. The third-order valence-corrected chi connectivity index (χ3v) is 1.85. The summed E-state index contributed by atoms with van der Waals surface area (Å²) < 4.78 is 4.41. The zero-order chi connectivity index (χ0) is 12.4. The molecule has 0 saturated carbocycles. The average molecular weight is 232 g/mol. The highest BCUT2D eigenvalue weighted by Gasteiger charge is 2.15. The van der Waals surface area contributed by atoms with Crippen LogP contribution in [-0.2, 0) is 14.5 Å². The van der Waals surface area contributed by atoms with Crippen molar-refractivity contribution in [2.45, 2.75) is 45.8 Å². The highest BCUT2D eigenvalue weighted by Crippen LogP contribution is 2.07. The minimum absolute atomic E-state index is 0.423. The molecule has 1 atom stereocenters. The molecule has 1 N–H and O–H groups in total. The molecule has 0 aliphatic heterocycles. The molecule has 94 valence electrons. The molecule has 0 amide bonds. The van der Waals surface area contributed by atoms with Crippen molar-refractivity contribution in [3.05, 3.63) is 12.2 Å². The van der Waals surface area contributed by atoms with E-state index in [4.69, 9.17) is 14.9 Å². The maximum Gasteiger partial charge on any atom is 0.508 e. The molecule has 0 aromatic heterocycles. The Balaban J connectivity index is 3.60. The fourth-order valence-corrected chi connectivity index (χ4v) is 0.992. The Kier molecular flexibility index (Phi) is 8.56. The molecule has 0 aromatic carbocycles. The number of unbranched alkanes of at least 4 members (excludes halogenated alkanes) is 3. The maximum atomic E-state index is 10.3. The second-order valence-corrected chi connectivity index (χ2v) is 3.54. The van der Waals surface area contributed by atoms with E-state index in [0.29, 0.717) is 12.2 Å². The van der Waals surface area contributed by atoms with Gasteiger partial charge in [-0.15, -0.1) is 0 Å². The molecule has 0 bridgehead atoms. The summed E-state index contributed by atoms with van der Waals surface area (Å²) in [6, 6.07) is 0. The molecule has 0 saturated heterocycles. The lowest BCUT2D eigenvalue weighted by Gasteiger charge is -2.14. The van der Waals surface area contributed by atoms with Crippen molar-refractivity contribution in [3.8, 4) is 0 Å². The van der Waals surface area contributed by atoms with E-state index in [1.54, 1.807) is 6.92 Å². The van der Waals surface area contributed by atoms with Crippen LogP contribution in [-0.4, -0.2) is 24.2 Å². The van der Waals surface area contributed by atoms with E-state index >= 15 is 0 Å². The van der Waals surface area contributed by atoms with Crippen molar-refractivity contribution in [3.63, 3.8) is 0 Å². The number of ether oxygens (including phenoxy) is 1. The molecular formula is C11H20O5. The summed E-state index contributed by atoms with van der Waals surface area (Å²) in [6.07, 6.45) is 1.78. The van der Waals surface area contributed by atoms with Gasteiger partial charge >= 0.3 is 6.16 Å². The minimum atomic E-state index is -1.41. The molecule has 0 aromatic rings. The molecular weight excluding hydrogens is 212 g/mol. The van der Waals surface area contributed by atoms with E-state index in [2.05, 4.69) is 18.2 Å². The summed E-state index contributed by atoms with van der Waals surface area (Å²) in [7, 11) is 0. The quantitative estimate of drug-likeness (QED) is 0.165. The fraction of sp³-hybridized carbons (Fsp3) is 0.727. The first-order valence-corrected chi connectivity index (χ1v) is 5.41. The predicted molar refractivity (Wildman–Crippen MR) is 58.9 cm³/mol. The molecule has 0 radical (unpaired) electrons. The van der Waals surface area contributed by atoms with Gasteiger partial charge in [-0.3, -0.25) is 0 Å². The van der Waals surface area contributed by atoms with Gasteiger partial charge in [-0.1, -0.05) is 32.8 Å². The third-order valence-electron chi connectivity index (χ3n) is 1.85. The maximum absolute atomic E-state index is 10.3. The van der Waals surface area contributed by atoms with Gasteiger partial charge in [-0.05, 0) is 18.9 Å². The molecule has 0 aliphatic rings. The van der Waals surface area contributed by atoms with Gasteiger partial charge in [0.25, 0.3) is 6.29 Å². The molecule has 0 heterocycles. The highest BCUT2D eigenvalue weighted by molar-refractivity contribution is 5.57. The Morgan fingerprint density at radius 1 is 1.38 bits per heavy atom. The highest BCUT2D eigenvalue weighted by atomic mass is 17.2. The van der Waals surface area contributed by atoms with Crippen LogP contribution >= 0.6 is 0 Å². The van der Waals surface area contributed by atoms with Crippen molar-refractivity contribution in [1.82, 2.24) is 0 Å². The number of carboxylic acid groups (broad SMARTS) is 1. The van der Waals surface area contributed by atoms with E-state index in [1.807, 2.05) is 0 Å². The lowest BCUT2D eigenvalue weighted by Crippen LogP contribution is -2.21. The van der Waals surface area contributed by atoms with Crippen molar-refractivity contribution in [2.75, 3.05) is 6.61 Å². The van der Waals surface area contributed by atoms with Crippen molar-refractivity contribution in [2.24, 2.45) is 0 Å². The number of hydrogen-bond donors (Lipinski definition) is 1. The molecule has 0 aliphatic carbocycles. The lowest BCUT2D eigenvalue weighted by atomic mass is 10.2. The van der Waals surface area contributed by atoms with Crippen LogP contribution in [0, 0.1) is 0 Å². The zero-order valence-corrected chi connectivity index (χ0v) is 9.90. The normalized spacial score (nSPS) is 12.1. The molecule has 16 heavy (non-hydrogen) atoms. The monoisotopic (exact) mass is 232 g/mol. The minimum Gasteiger partial charge on any atom is -0.450 e. The molecule has 0 fully saturated rings. The number of rotatable bonds is 9. The third kappa shape index (κ3) is 8.26. The Labute approximate surface area is 95.9 Å². The van der Waals surface area contributed by atoms with Gasteiger partial charge in [0.2, 0.25) is 0 Å². The van der Waals surface area contributed by atoms with Crippen LogP contribution < -0.4 is 0 Å². The van der Waals surface area contributed by atoms with Crippen LogP contribution in [0.1, 0.15) is 39.5 Å². The number of carbonyl (C=O) groups is 1. The van der Waals surface area contributed by atoms with Crippen LogP contribution in [0.5, 0.6) is 0 Å². The summed E-state index contributed by atoms with van der Waals surface area (Å²) in [5, 5.41) is 8.41. The molecule has 0 rings (SSSR count). The van der Waals surface area contributed by atoms with E-state index < -0.39 is 12.4 Å². The van der Waals surface area contributed by atoms with Gasteiger partial charge in [0, 0.05) is 0 Å². The molecule has 1 unspecified atom stereocenters. The van der Waals surface area contributed by atoms with Crippen molar-refractivity contribution >= 4 is 6.16 Å². The predicted octanol–water partition coefficient (Wildman–Crippen LogP) is 3.11. The summed E-state index contributed by atoms with van der Waals surface area (Å²) in [5.41, 5.74) is 0.441. The van der Waals surface area contributed by atoms with Gasteiger partial charge in [0.05, 0.1) is 6.61 Å². The number of hydrogen-bond acceptors (Lipinski definition) is 4. The van der Waals surface area contributed by atoms with E-state index in [1.165, 1.54) is 0 Å². The second kappa shape index (κ2) is 9.18. The first kappa shape index (κ1) is 14.9. The SMILES string of the molecule is C=C(C)C(OOCCCCCC)OC(=O)O. The van der Waals surface area contributed by atoms with Gasteiger partial charge in [0.15, 0.2) is 0 Å². The van der Waals surface area contributed by atoms with Crippen molar-refractivity contribution in [1.29, 1.82) is 0 Å². The van der Waals surface area contributed by atoms with E-state index in [-0.39, 0.29) is 0 Å². The summed E-state index contributed by atoms with van der Waals surface area (Å²) in [5.74, 6) is 0. The standard InChI is InChI=1S/C11H20O5/c1-4-5-6-7-8-14-16-10(9(2)3)15-11(12)13/h10H,2,4-8H2,1,3H3,(H,12,13). The van der Waals surface area contributed by atoms with Gasteiger partial charge in [-0.25, -0.2) is 9.68 Å². The first-order valence-electron chi connectivity index (χ1n) is 5.41. The molecule has 5 nitrogen and oxygen atoms in total. The second-order valence-electron chi connectivity index (χ2n) is 3.54. The Hall–Kier alpha value is -1.07. The smallest absolute Gasteiger partial charge is 0.450 e. The van der Waals surface area contributed by atoms with Crippen LogP contribution in [0.4, 0.5) is 4.79 Å². The van der Waals surface area contributed by atoms with Gasteiger partial charge in [0.1, 0.15) is 0 Å². The topological polar surface area (TPSA) is 65.0 Å². The summed E-state index contributed by atoms with van der Waals surface area (Å²) in [4.78, 5) is 19.9. The Morgan fingerprint density at radius 2 is 2.06 bits per heavy atom. The largest absolute Gasteiger partial charge is 0.508 e. The lowest BCUT2D eigenvalue weighted by molar-refractivity contribution is -0.358. The van der Waals surface area contributed by atoms with Gasteiger partial charge in [-0.2, -0.15) is 4.89 Å². The van der Waals surface area contributed by atoms with Crippen molar-refractivity contribution < 1.29 is 24.4 Å². The van der Waals surface area contributed by atoms with Crippen LogP contribution in [0.2, 0.25) is 0 Å². The zero-order valence-electron chi connectivity index (χ0n) is 9.90. The van der Waals surface area contributed by atoms with Gasteiger partial charge < -0.3 is 9.84 Å². The molecule has 5 heteroatoms. The van der Waals surface area contributed by atoms with Crippen LogP contribution in [0.25, 0.3) is 0 Å². The van der Waals surface area contributed by atoms with E-state index in [0.717, 1.165) is 25.7 Å². The summed E-state index contributed by atoms with van der Waals surface area (Å²) in [6.45, 7) is 7.69. The van der Waals surface area contributed by atoms with Crippen LogP contribution in [0.3, 0.4) is 0 Å². The Morgan fingerprint density at radius 3 is 2.56 bits per heavy atom. The fourth-order valence-electron chi connectivity index (χ4n) is 0.992. The Bertz CT molecular complexity index is 214. The van der Waals surface area contributed by atoms with Crippen LogP contribution in [0.15, 0.2) is 12.2 Å². The summed E-state index contributed by atoms with van der Waals surface area (Å²) >= 11 is 0. The first-order chi connectivity index (χ1) is 7.57. The molecule has 0 spiro atoms. The van der Waals surface area contributed by atoms with E-state index in [9.17, 15) is 4.79 Å².